The highest BCUT2D eigenvalue weighted by Crippen LogP contribution is 2.31. The molecular formula is C27H30ClN7O3. The van der Waals surface area contributed by atoms with Crippen LogP contribution in [0.2, 0.25) is 5.15 Å². The maximum absolute atomic E-state index is 13.5. The number of methoxy groups -OCH3 is 1. The molecule has 1 saturated heterocycles. The third-order valence-corrected chi connectivity index (χ3v) is 6.76. The van der Waals surface area contributed by atoms with E-state index in [9.17, 15) is 4.79 Å². The average Bonchev–Trinajstić information content (AvgIpc) is 3.61. The van der Waals surface area contributed by atoms with Crippen LogP contribution in [0, 0.1) is 6.92 Å². The standard InChI is InChI=1S/C27H30ClN7O3/c1-18-23(35(21-7-5-4-6-8-21)32-26(18)20-15-30-33(2)16-20)14-25(36)31-22-17-34(11-12-37-3)38-27(22)19-9-10-29-24(28)13-19/h4-10,13,15-16,22,27H,11-12,14,17H2,1-3H3,(H,31,36)/t22-,27+/m1/s1. The van der Waals surface area contributed by atoms with Crippen LogP contribution in [0.1, 0.15) is 22.9 Å². The summed E-state index contributed by atoms with van der Waals surface area (Å²) in [6, 6.07) is 13.1. The molecule has 4 heterocycles. The molecule has 2 atom stereocenters. The molecule has 4 aromatic rings. The average molecular weight is 536 g/mol. The van der Waals surface area contributed by atoms with Gasteiger partial charge in [0.25, 0.3) is 0 Å². The lowest BCUT2D eigenvalue weighted by atomic mass is 10.0. The van der Waals surface area contributed by atoms with Crippen molar-refractivity contribution in [3.8, 4) is 16.9 Å². The number of aryl methyl sites for hydroxylation is 1. The minimum absolute atomic E-state index is 0.129. The Balaban J connectivity index is 1.41. The normalized spacial score (nSPS) is 17.7. The van der Waals surface area contributed by atoms with E-state index in [1.807, 2.05) is 66.3 Å². The molecule has 1 aliphatic heterocycles. The summed E-state index contributed by atoms with van der Waals surface area (Å²) >= 11 is 6.15. The molecule has 0 radical (unpaired) electrons. The Labute approximate surface area is 226 Å². The van der Waals surface area contributed by atoms with E-state index in [0.29, 0.717) is 24.8 Å². The van der Waals surface area contributed by atoms with Gasteiger partial charge in [0.1, 0.15) is 11.3 Å². The fourth-order valence-corrected chi connectivity index (χ4v) is 4.87. The number of carbonyl (C=O) groups is 1. The largest absolute Gasteiger partial charge is 0.383 e. The lowest BCUT2D eigenvalue weighted by Crippen LogP contribution is -2.41. The Bertz CT molecular complexity index is 1400. The van der Waals surface area contributed by atoms with Crippen LogP contribution in [0.15, 0.2) is 61.1 Å². The number of aromatic nitrogens is 5. The van der Waals surface area contributed by atoms with Crippen LogP contribution in [0.4, 0.5) is 0 Å². The molecule has 5 rings (SSSR count). The summed E-state index contributed by atoms with van der Waals surface area (Å²) in [6.07, 6.45) is 5.08. The number of pyridine rings is 1. The van der Waals surface area contributed by atoms with Crippen LogP contribution >= 0.6 is 11.6 Å². The minimum atomic E-state index is -0.401. The van der Waals surface area contributed by atoms with Crippen molar-refractivity contribution in [2.45, 2.75) is 25.5 Å². The van der Waals surface area contributed by atoms with Crippen LogP contribution < -0.4 is 5.32 Å². The van der Waals surface area contributed by atoms with Crippen LogP contribution in [0.3, 0.4) is 0 Å². The highest BCUT2D eigenvalue weighted by molar-refractivity contribution is 6.29. The zero-order valence-corrected chi connectivity index (χ0v) is 22.3. The van der Waals surface area contributed by atoms with Gasteiger partial charge in [-0.1, -0.05) is 29.8 Å². The molecule has 11 heteroatoms. The number of para-hydroxylation sites is 1. The summed E-state index contributed by atoms with van der Waals surface area (Å²) in [4.78, 5) is 23.8. The molecule has 1 amide bonds. The first kappa shape index (κ1) is 26.1. The topological polar surface area (TPSA) is 99.3 Å². The van der Waals surface area contributed by atoms with Gasteiger partial charge in [0.2, 0.25) is 5.91 Å². The number of nitrogens with zero attached hydrogens (tertiary/aromatic N) is 6. The maximum Gasteiger partial charge on any atom is 0.226 e. The summed E-state index contributed by atoms with van der Waals surface area (Å²) in [7, 11) is 3.51. The maximum atomic E-state index is 13.5. The lowest BCUT2D eigenvalue weighted by Gasteiger charge is -2.19. The molecule has 1 fully saturated rings. The number of carbonyl (C=O) groups excluding carboxylic acids is 1. The van der Waals surface area contributed by atoms with E-state index >= 15 is 0 Å². The molecule has 0 unspecified atom stereocenters. The van der Waals surface area contributed by atoms with Crippen molar-refractivity contribution < 1.29 is 14.4 Å². The molecule has 10 nitrogen and oxygen atoms in total. The van der Waals surface area contributed by atoms with Crippen molar-refractivity contribution in [3.63, 3.8) is 0 Å². The van der Waals surface area contributed by atoms with Crippen molar-refractivity contribution in [2.75, 3.05) is 26.8 Å². The molecular weight excluding hydrogens is 506 g/mol. The first-order valence-corrected chi connectivity index (χ1v) is 12.7. The Kier molecular flexibility index (Phi) is 7.85. The number of nitrogens with one attached hydrogen (secondary N) is 1. The van der Waals surface area contributed by atoms with E-state index in [0.717, 1.165) is 33.8 Å². The Hall–Kier alpha value is -3.57. The first-order chi connectivity index (χ1) is 18.4. The van der Waals surface area contributed by atoms with Crippen molar-refractivity contribution in [1.82, 2.24) is 34.9 Å². The summed E-state index contributed by atoms with van der Waals surface area (Å²) < 4.78 is 8.79. The molecule has 1 aliphatic rings. The fraction of sp³-hybridized carbons (Fsp3) is 0.333. The fourth-order valence-electron chi connectivity index (χ4n) is 4.69. The molecule has 3 aromatic heterocycles. The smallest absolute Gasteiger partial charge is 0.226 e. The van der Waals surface area contributed by atoms with Crippen LogP contribution in [0.5, 0.6) is 0 Å². The SMILES string of the molecule is COCCN1C[C@@H](NC(=O)Cc2c(C)c(-c3cnn(C)c3)nn2-c2ccccc2)[C@H](c2ccnc(Cl)c2)O1. The second-order valence-electron chi connectivity index (χ2n) is 9.24. The molecule has 198 valence electrons. The number of amides is 1. The van der Waals surface area contributed by atoms with Gasteiger partial charge in [-0.15, -0.1) is 0 Å². The van der Waals surface area contributed by atoms with Crippen LogP contribution in [-0.2, 0) is 27.8 Å². The molecule has 0 aliphatic carbocycles. The number of benzene rings is 1. The van der Waals surface area contributed by atoms with Gasteiger partial charge in [-0.25, -0.2) is 9.67 Å². The van der Waals surface area contributed by atoms with Crippen molar-refractivity contribution in [1.29, 1.82) is 0 Å². The van der Waals surface area contributed by atoms with E-state index in [-0.39, 0.29) is 18.4 Å². The highest BCUT2D eigenvalue weighted by Gasteiger charge is 2.36. The second kappa shape index (κ2) is 11.4. The van der Waals surface area contributed by atoms with Crippen molar-refractivity contribution in [3.05, 3.63) is 83.0 Å². The zero-order chi connectivity index (χ0) is 26.6. The van der Waals surface area contributed by atoms with Gasteiger partial charge in [-0.2, -0.15) is 15.3 Å². The minimum Gasteiger partial charge on any atom is -0.383 e. The van der Waals surface area contributed by atoms with Gasteiger partial charge in [0, 0.05) is 45.2 Å². The van der Waals surface area contributed by atoms with E-state index in [1.54, 1.807) is 30.3 Å². The Morgan fingerprint density at radius 1 is 1.26 bits per heavy atom. The van der Waals surface area contributed by atoms with Crippen molar-refractivity contribution >= 4 is 17.5 Å². The third-order valence-electron chi connectivity index (χ3n) is 6.55. The number of hydroxylamine groups is 2. The predicted molar refractivity (Wildman–Crippen MR) is 143 cm³/mol. The van der Waals surface area contributed by atoms with Crippen LogP contribution in [0.25, 0.3) is 16.9 Å². The van der Waals surface area contributed by atoms with Gasteiger partial charge in [0.15, 0.2) is 0 Å². The van der Waals surface area contributed by atoms with E-state index in [2.05, 4.69) is 15.4 Å². The summed E-state index contributed by atoms with van der Waals surface area (Å²) in [5.74, 6) is -0.129. The zero-order valence-electron chi connectivity index (χ0n) is 21.5. The molecule has 0 saturated carbocycles. The first-order valence-electron chi connectivity index (χ1n) is 12.4. The number of rotatable bonds is 9. The van der Waals surface area contributed by atoms with Gasteiger partial charge in [-0.05, 0) is 42.3 Å². The Morgan fingerprint density at radius 3 is 2.79 bits per heavy atom. The monoisotopic (exact) mass is 535 g/mol. The number of halogens is 1. The van der Waals surface area contributed by atoms with Crippen LogP contribution in [-0.4, -0.2) is 68.4 Å². The van der Waals surface area contributed by atoms with E-state index in [1.165, 1.54) is 0 Å². The molecule has 38 heavy (non-hydrogen) atoms. The van der Waals surface area contributed by atoms with Gasteiger partial charge in [0.05, 0.1) is 42.3 Å². The Morgan fingerprint density at radius 2 is 2.08 bits per heavy atom. The van der Waals surface area contributed by atoms with E-state index < -0.39 is 6.10 Å². The second-order valence-corrected chi connectivity index (χ2v) is 9.63. The number of hydrogen-bond acceptors (Lipinski definition) is 7. The van der Waals surface area contributed by atoms with Gasteiger partial charge in [-0.3, -0.25) is 14.3 Å². The number of ether oxygens (including phenoxy) is 1. The quantitative estimate of drug-likeness (QED) is 0.328. The summed E-state index contributed by atoms with van der Waals surface area (Å²) in [5, 5.41) is 14.6. The highest BCUT2D eigenvalue weighted by atomic mass is 35.5. The summed E-state index contributed by atoms with van der Waals surface area (Å²) in [5.41, 5.74) is 5.16. The predicted octanol–water partition coefficient (Wildman–Crippen LogP) is 3.29. The molecule has 1 N–H and O–H groups in total. The number of hydrogen-bond donors (Lipinski definition) is 1. The van der Waals surface area contributed by atoms with Gasteiger partial charge < -0.3 is 10.1 Å². The summed E-state index contributed by atoms with van der Waals surface area (Å²) in [6.45, 7) is 3.59. The third kappa shape index (κ3) is 5.63. The van der Waals surface area contributed by atoms with Crippen molar-refractivity contribution in [2.24, 2.45) is 7.05 Å². The molecule has 1 aromatic carbocycles. The lowest BCUT2D eigenvalue weighted by molar-refractivity contribution is -0.154. The molecule has 0 spiro atoms. The van der Waals surface area contributed by atoms with E-state index in [4.69, 9.17) is 26.3 Å². The molecule has 0 bridgehead atoms. The van der Waals surface area contributed by atoms with Gasteiger partial charge >= 0.3 is 0 Å².